The highest BCUT2D eigenvalue weighted by molar-refractivity contribution is 5.89. The Morgan fingerprint density at radius 1 is 1.50 bits per heavy atom. The maximum Gasteiger partial charge on any atom is 0.137 e. The molecule has 1 aromatic carbocycles. The predicted octanol–water partition coefficient (Wildman–Crippen LogP) is 2.92. The van der Waals surface area contributed by atoms with E-state index in [1.807, 2.05) is 6.92 Å². The lowest BCUT2D eigenvalue weighted by molar-refractivity contribution is -0.131. The summed E-state index contributed by atoms with van der Waals surface area (Å²) in [7, 11) is 1.53. The molecule has 1 fully saturated rings. The molecule has 2 nitrogen and oxygen atoms in total. The van der Waals surface area contributed by atoms with E-state index in [4.69, 9.17) is 4.74 Å². The van der Waals surface area contributed by atoms with Gasteiger partial charge in [0.15, 0.2) is 0 Å². The van der Waals surface area contributed by atoms with Gasteiger partial charge in [0.05, 0.1) is 7.11 Å². The van der Waals surface area contributed by atoms with Crippen LogP contribution in [0.4, 0.5) is 4.39 Å². The number of hydrogen-bond acceptors (Lipinski definition) is 2. The monoisotopic (exact) mass is 222 g/mol. The van der Waals surface area contributed by atoms with Gasteiger partial charge in [-0.15, -0.1) is 0 Å². The molecular formula is C13H15FO2. The van der Waals surface area contributed by atoms with E-state index in [0.717, 1.165) is 6.42 Å². The van der Waals surface area contributed by atoms with Crippen molar-refractivity contribution in [3.8, 4) is 5.75 Å². The van der Waals surface area contributed by atoms with Crippen molar-refractivity contribution in [2.45, 2.75) is 25.7 Å². The van der Waals surface area contributed by atoms with Crippen LogP contribution in [0.1, 0.15) is 31.2 Å². The number of benzene rings is 1. The van der Waals surface area contributed by atoms with Crippen molar-refractivity contribution < 1.29 is 13.9 Å². The zero-order valence-electron chi connectivity index (χ0n) is 9.50. The van der Waals surface area contributed by atoms with Gasteiger partial charge in [0.25, 0.3) is 0 Å². The van der Waals surface area contributed by atoms with Crippen molar-refractivity contribution in [3.63, 3.8) is 0 Å². The van der Waals surface area contributed by atoms with E-state index in [0.29, 0.717) is 17.7 Å². The highest BCUT2D eigenvalue weighted by Gasteiger charge is 2.41. The Morgan fingerprint density at radius 3 is 2.81 bits per heavy atom. The van der Waals surface area contributed by atoms with Gasteiger partial charge in [-0.1, -0.05) is 13.0 Å². The largest absolute Gasteiger partial charge is 0.496 e. The van der Waals surface area contributed by atoms with Gasteiger partial charge in [-0.3, -0.25) is 4.79 Å². The van der Waals surface area contributed by atoms with E-state index < -0.39 is 0 Å². The van der Waals surface area contributed by atoms with Gasteiger partial charge in [-0.05, 0) is 18.6 Å². The van der Waals surface area contributed by atoms with Gasteiger partial charge in [0, 0.05) is 23.8 Å². The Bertz CT molecular complexity index is 414. The van der Waals surface area contributed by atoms with Gasteiger partial charge in [-0.25, -0.2) is 4.39 Å². The van der Waals surface area contributed by atoms with E-state index in [1.54, 1.807) is 12.1 Å². The number of carbonyl (C=O) groups is 1. The first-order valence-electron chi connectivity index (χ1n) is 5.54. The average molecular weight is 222 g/mol. The minimum absolute atomic E-state index is 0.00588. The Balaban J connectivity index is 2.37. The summed E-state index contributed by atoms with van der Waals surface area (Å²) in [4.78, 5) is 11.4. The van der Waals surface area contributed by atoms with E-state index in [1.165, 1.54) is 13.2 Å². The molecule has 0 bridgehead atoms. The minimum Gasteiger partial charge on any atom is -0.496 e. The first-order valence-corrected chi connectivity index (χ1v) is 5.54. The number of carbonyl (C=O) groups excluding carboxylic acids is 1. The number of halogens is 1. The number of rotatable bonds is 3. The molecule has 2 unspecified atom stereocenters. The summed E-state index contributed by atoms with van der Waals surface area (Å²) in [5.74, 6) is 0.475. The summed E-state index contributed by atoms with van der Waals surface area (Å²) in [5.41, 5.74) is 0.566. The predicted molar refractivity (Wildman–Crippen MR) is 59.1 cm³/mol. The summed E-state index contributed by atoms with van der Waals surface area (Å²) in [6, 6.07) is 4.79. The van der Waals surface area contributed by atoms with Crippen LogP contribution in [-0.2, 0) is 4.79 Å². The van der Waals surface area contributed by atoms with Crippen LogP contribution in [-0.4, -0.2) is 12.9 Å². The molecule has 2 atom stereocenters. The Morgan fingerprint density at radius 2 is 2.25 bits per heavy atom. The van der Waals surface area contributed by atoms with Crippen LogP contribution in [0.2, 0.25) is 0 Å². The van der Waals surface area contributed by atoms with Crippen LogP contribution in [0.25, 0.3) is 0 Å². The van der Waals surface area contributed by atoms with Crippen LogP contribution < -0.4 is 4.74 Å². The van der Waals surface area contributed by atoms with Gasteiger partial charge in [0.1, 0.15) is 17.3 Å². The molecule has 0 spiro atoms. The van der Waals surface area contributed by atoms with Crippen molar-refractivity contribution in [2.24, 2.45) is 5.92 Å². The molecule has 0 N–H and O–H groups in total. The standard InChI is InChI=1S/C13H15FO2/c1-3-8-9(7-11(8)15)13-10(14)5-4-6-12(13)16-2/h4-6,8-9H,3,7H2,1-2H3. The number of Topliss-reactive ketones (excluding diaryl/α,β-unsaturated/α-hetero) is 1. The molecule has 2 rings (SSSR count). The zero-order valence-corrected chi connectivity index (χ0v) is 9.50. The summed E-state index contributed by atoms with van der Waals surface area (Å²) in [5, 5.41) is 0. The first-order chi connectivity index (χ1) is 7.69. The molecule has 1 aromatic rings. The molecule has 86 valence electrons. The third kappa shape index (κ3) is 1.60. The van der Waals surface area contributed by atoms with E-state index in [-0.39, 0.29) is 23.4 Å². The first kappa shape index (κ1) is 11.1. The SMILES string of the molecule is CCC1C(=O)CC1c1c(F)cccc1OC. The second kappa shape index (κ2) is 4.24. The molecule has 1 aliphatic carbocycles. The van der Waals surface area contributed by atoms with E-state index in [2.05, 4.69) is 0 Å². The average Bonchev–Trinajstić information content (AvgIpc) is 2.26. The van der Waals surface area contributed by atoms with Crippen LogP contribution in [0.3, 0.4) is 0 Å². The molecule has 0 heterocycles. The number of ether oxygens (including phenoxy) is 1. The maximum absolute atomic E-state index is 13.8. The number of hydrogen-bond donors (Lipinski definition) is 0. The fourth-order valence-corrected chi connectivity index (χ4v) is 2.44. The van der Waals surface area contributed by atoms with Crippen molar-refractivity contribution in [1.29, 1.82) is 0 Å². The number of ketones is 1. The fraction of sp³-hybridized carbons (Fsp3) is 0.462. The van der Waals surface area contributed by atoms with Crippen molar-refractivity contribution in [1.82, 2.24) is 0 Å². The van der Waals surface area contributed by atoms with Gasteiger partial charge in [0.2, 0.25) is 0 Å². The second-order valence-electron chi connectivity index (χ2n) is 4.15. The normalized spacial score (nSPS) is 24.1. The lowest BCUT2D eigenvalue weighted by Gasteiger charge is -2.35. The lowest BCUT2D eigenvalue weighted by Crippen LogP contribution is -2.35. The van der Waals surface area contributed by atoms with Crippen LogP contribution >= 0.6 is 0 Å². The summed E-state index contributed by atoms with van der Waals surface area (Å²) >= 11 is 0. The molecule has 0 amide bonds. The topological polar surface area (TPSA) is 26.3 Å². The second-order valence-corrected chi connectivity index (χ2v) is 4.15. The summed E-state index contributed by atoms with van der Waals surface area (Å²) in [6.07, 6.45) is 1.21. The van der Waals surface area contributed by atoms with Crippen LogP contribution in [0, 0.1) is 11.7 Å². The maximum atomic E-state index is 13.8. The highest BCUT2D eigenvalue weighted by Crippen LogP contribution is 2.45. The molecule has 0 aromatic heterocycles. The molecule has 0 aliphatic heterocycles. The van der Waals surface area contributed by atoms with Gasteiger partial charge < -0.3 is 4.74 Å². The third-order valence-electron chi connectivity index (χ3n) is 3.36. The Hall–Kier alpha value is -1.38. The third-order valence-corrected chi connectivity index (χ3v) is 3.36. The lowest BCUT2D eigenvalue weighted by atomic mass is 9.67. The highest BCUT2D eigenvalue weighted by atomic mass is 19.1. The molecule has 3 heteroatoms. The molecule has 1 saturated carbocycles. The van der Waals surface area contributed by atoms with E-state index in [9.17, 15) is 9.18 Å². The molecule has 1 aliphatic rings. The smallest absolute Gasteiger partial charge is 0.137 e. The van der Waals surface area contributed by atoms with Crippen LogP contribution in [0.5, 0.6) is 5.75 Å². The summed E-state index contributed by atoms with van der Waals surface area (Å²) in [6.45, 7) is 1.96. The zero-order chi connectivity index (χ0) is 11.7. The van der Waals surface area contributed by atoms with Gasteiger partial charge >= 0.3 is 0 Å². The Kier molecular flexibility index (Phi) is 2.95. The summed E-state index contributed by atoms with van der Waals surface area (Å²) < 4.78 is 18.9. The van der Waals surface area contributed by atoms with Crippen molar-refractivity contribution >= 4 is 5.78 Å². The van der Waals surface area contributed by atoms with Crippen molar-refractivity contribution in [2.75, 3.05) is 7.11 Å². The quantitative estimate of drug-likeness (QED) is 0.786. The van der Waals surface area contributed by atoms with Crippen LogP contribution in [0.15, 0.2) is 18.2 Å². The minimum atomic E-state index is -0.268. The number of methoxy groups -OCH3 is 1. The van der Waals surface area contributed by atoms with Crippen molar-refractivity contribution in [3.05, 3.63) is 29.6 Å². The Labute approximate surface area is 94.4 Å². The van der Waals surface area contributed by atoms with Gasteiger partial charge in [-0.2, -0.15) is 0 Å². The molecular weight excluding hydrogens is 207 g/mol. The fourth-order valence-electron chi connectivity index (χ4n) is 2.44. The molecule has 16 heavy (non-hydrogen) atoms. The molecule has 0 radical (unpaired) electrons. The molecule has 0 saturated heterocycles. The van der Waals surface area contributed by atoms with E-state index >= 15 is 0 Å².